The summed E-state index contributed by atoms with van der Waals surface area (Å²) >= 11 is 0. The van der Waals surface area contributed by atoms with Crippen LogP contribution in [-0.2, 0) is 6.42 Å². The average molecular weight is 370 g/mol. The van der Waals surface area contributed by atoms with Crippen molar-refractivity contribution in [1.82, 2.24) is 15.8 Å². The molecule has 2 aromatic rings. The molecule has 1 aliphatic rings. The Morgan fingerprint density at radius 1 is 1.30 bits per heavy atom. The van der Waals surface area contributed by atoms with Crippen molar-refractivity contribution in [1.29, 1.82) is 0 Å². The number of para-hydroxylation sites is 1. The standard InChI is InChI=1S/C21H31N5O/c1-4-22-21(23-13-12-20-16(2)25-27-17(20)3)24-18-9-8-14-26(15-18)19-10-6-5-7-11-19/h5-7,10-11,18H,4,8-9,12-15H2,1-3H3,(H2,22,23,24). The molecule has 1 aromatic heterocycles. The number of guanidine groups is 1. The third kappa shape index (κ3) is 5.25. The van der Waals surface area contributed by atoms with Crippen molar-refractivity contribution in [3.05, 3.63) is 47.3 Å². The highest BCUT2D eigenvalue weighted by atomic mass is 16.5. The van der Waals surface area contributed by atoms with Gasteiger partial charge in [-0.25, -0.2) is 0 Å². The molecule has 0 saturated carbocycles. The van der Waals surface area contributed by atoms with E-state index in [2.05, 4.69) is 57.9 Å². The Labute approximate surface area is 162 Å². The molecule has 0 bridgehead atoms. The molecule has 1 aliphatic heterocycles. The molecule has 2 heterocycles. The first-order valence-electron chi connectivity index (χ1n) is 9.94. The Morgan fingerprint density at radius 3 is 2.81 bits per heavy atom. The van der Waals surface area contributed by atoms with Gasteiger partial charge in [0, 0.05) is 43.5 Å². The molecule has 3 rings (SSSR count). The van der Waals surface area contributed by atoms with Crippen LogP contribution in [-0.4, -0.2) is 43.3 Å². The predicted molar refractivity (Wildman–Crippen MR) is 110 cm³/mol. The van der Waals surface area contributed by atoms with E-state index in [1.165, 1.54) is 17.7 Å². The lowest BCUT2D eigenvalue weighted by Gasteiger charge is -2.35. The molecule has 1 unspecified atom stereocenters. The molecule has 0 aliphatic carbocycles. The van der Waals surface area contributed by atoms with Crippen molar-refractivity contribution >= 4 is 11.6 Å². The van der Waals surface area contributed by atoms with Crippen molar-refractivity contribution in [3.8, 4) is 0 Å². The summed E-state index contributed by atoms with van der Waals surface area (Å²) < 4.78 is 5.24. The minimum Gasteiger partial charge on any atom is -0.369 e. The molecular formula is C21H31N5O. The SMILES string of the molecule is CCNC(=NCCc1c(C)noc1C)NC1CCCN(c2ccccc2)C1. The fourth-order valence-electron chi connectivity index (χ4n) is 3.62. The second kappa shape index (κ2) is 9.44. The Kier molecular flexibility index (Phi) is 6.74. The zero-order chi connectivity index (χ0) is 19.1. The van der Waals surface area contributed by atoms with Crippen molar-refractivity contribution in [2.75, 3.05) is 31.1 Å². The van der Waals surface area contributed by atoms with Crippen LogP contribution in [0.4, 0.5) is 5.69 Å². The lowest BCUT2D eigenvalue weighted by Crippen LogP contribution is -2.51. The number of hydrogen-bond donors (Lipinski definition) is 2. The second-order valence-corrected chi connectivity index (χ2v) is 7.08. The molecule has 1 aromatic carbocycles. The highest BCUT2D eigenvalue weighted by Gasteiger charge is 2.21. The molecule has 2 N–H and O–H groups in total. The summed E-state index contributed by atoms with van der Waals surface area (Å²) in [5, 5.41) is 11.0. The van der Waals surface area contributed by atoms with E-state index in [1.807, 2.05) is 13.8 Å². The van der Waals surface area contributed by atoms with Crippen LogP contribution in [0.3, 0.4) is 0 Å². The summed E-state index contributed by atoms with van der Waals surface area (Å²) in [5.74, 6) is 1.79. The largest absolute Gasteiger partial charge is 0.369 e. The maximum absolute atomic E-state index is 5.24. The lowest BCUT2D eigenvalue weighted by molar-refractivity contribution is 0.392. The van der Waals surface area contributed by atoms with Crippen LogP contribution >= 0.6 is 0 Å². The molecule has 1 saturated heterocycles. The number of nitrogens with one attached hydrogen (secondary N) is 2. The molecule has 146 valence electrons. The van der Waals surface area contributed by atoms with Gasteiger partial charge in [0.25, 0.3) is 0 Å². The highest BCUT2D eigenvalue weighted by Crippen LogP contribution is 2.19. The van der Waals surface area contributed by atoms with Gasteiger partial charge < -0.3 is 20.1 Å². The predicted octanol–water partition coefficient (Wildman–Crippen LogP) is 3.06. The van der Waals surface area contributed by atoms with E-state index in [0.29, 0.717) is 12.6 Å². The number of anilines is 1. The molecule has 27 heavy (non-hydrogen) atoms. The molecule has 0 amide bonds. The first kappa shape index (κ1) is 19.3. The normalized spacial score (nSPS) is 17.8. The number of piperidine rings is 1. The van der Waals surface area contributed by atoms with Crippen molar-refractivity contribution in [2.45, 2.75) is 46.1 Å². The molecule has 1 atom stereocenters. The number of hydrogen-bond acceptors (Lipinski definition) is 4. The number of nitrogens with zero attached hydrogens (tertiary/aromatic N) is 3. The van der Waals surface area contributed by atoms with E-state index in [9.17, 15) is 0 Å². The fraction of sp³-hybridized carbons (Fsp3) is 0.524. The van der Waals surface area contributed by atoms with Crippen LogP contribution in [0, 0.1) is 13.8 Å². The number of aliphatic imine (C=N–C) groups is 1. The van der Waals surface area contributed by atoms with Gasteiger partial charge in [-0.2, -0.15) is 0 Å². The molecule has 6 heteroatoms. The lowest BCUT2D eigenvalue weighted by atomic mass is 10.1. The Hall–Kier alpha value is -2.50. The van der Waals surface area contributed by atoms with Gasteiger partial charge in [0.1, 0.15) is 5.76 Å². The first-order chi connectivity index (χ1) is 13.2. The van der Waals surface area contributed by atoms with Crippen LogP contribution < -0.4 is 15.5 Å². The quantitative estimate of drug-likeness (QED) is 0.605. The topological polar surface area (TPSA) is 65.7 Å². The minimum atomic E-state index is 0.399. The minimum absolute atomic E-state index is 0.399. The molecular weight excluding hydrogens is 338 g/mol. The molecule has 0 radical (unpaired) electrons. The molecule has 6 nitrogen and oxygen atoms in total. The summed E-state index contributed by atoms with van der Waals surface area (Å²) in [6, 6.07) is 11.0. The maximum atomic E-state index is 5.24. The van der Waals surface area contributed by atoms with E-state index in [1.54, 1.807) is 0 Å². The maximum Gasteiger partial charge on any atom is 0.191 e. The monoisotopic (exact) mass is 369 g/mol. The number of rotatable bonds is 6. The smallest absolute Gasteiger partial charge is 0.191 e. The van der Waals surface area contributed by atoms with E-state index in [0.717, 1.165) is 49.9 Å². The summed E-state index contributed by atoms with van der Waals surface area (Å²) in [7, 11) is 0. The van der Waals surface area contributed by atoms with Crippen molar-refractivity contribution in [3.63, 3.8) is 0 Å². The van der Waals surface area contributed by atoms with Crippen molar-refractivity contribution < 1.29 is 4.52 Å². The summed E-state index contributed by atoms with van der Waals surface area (Å²) in [5.41, 5.74) is 3.43. The Morgan fingerprint density at radius 2 is 2.11 bits per heavy atom. The van der Waals surface area contributed by atoms with Crippen LogP contribution in [0.2, 0.25) is 0 Å². The third-order valence-electron chi connectivity index (χ3n) is 5.04. The molecule has 0 spiro atoms. The van der Waals surface area contributed by atoms with Gasteiger partial charge in [0.15, 0.2) is 5.96 Å². The highest BCUT2D eigenvalue weighted by molar-refractivity contribution is 5.80. The van der Waals surface area contributed by atoms with Gasteiger partial charge >= 0.3 is 0 Å². The van der Waals surface area contributed by atoms with E-state index in [-0.39, 0.29) is 0 Å². The van der Waals surface area contributed by atoms with Crippen LogP contribution in [0.5, 0.6) is 0 Å². The Balaban J connectivity index is 1.58. The first-order valence-corrected chi connectivity index (χ1v) is 9.94. The number of aromatic nitrogens is 1. The zero-order valence-electron chi connectivity index (χ0n) is 16.7. The van der Waals surface area contributed by atoms with Gasteiger partial charge in [0.05, 0.1) is 5.69 Å². The van der Waals surface area contributed by atoms with Gasteiger partial charge in [-0.3, -0.25) is 4.99 Å². The van der Waals surface area contributed by atoms with Gasteiger partial charge in [-0.15, -0.1) is 0 Å². The Bertz CT molecular complexity index is 721. The fourth-order valence-corrected chi connectivity index (χ4v) is 3.62. The average Bonchev–Trinajstić information content (AvgIpc) is 3.01. The van der Waals surface area contributed by atoms with Crippen LogP contribution in [0.1, 0.15) is 36.8 Å². The summed E-state index contributed by atoms with van der Waals surface area (Å²) in [4.78, 5) is 7.22. The van der Waals surface area contributed by atoms with E-state index < -0.39 is 0 Å². The van der Waals surface area contributed by atoms with Crippen LogP contribution in [0.25, 0.3) is 0 Å². The van der Waals surface area contributed by atoms with E-state index >= 15 is 0 Å². The number of benzene rings is 1. The number of aryl methyl sites for hydroxylation is 2. The summed E-state index contributed by atoms with van der Waals surface area (Å²) in [6.45, 7) is 9.73. The molecule has 1 fully saturated rings. The van der Waals surface area contributed by atoms with Crippen LogP contribution in [0.15, 0.2) is 39.8 Å². The van der Waals surface area contributed by atoms with Gasteiger partial charge in [0.2, 0.25) is 0 Å². The zero-order valence-corrected chi connectivity index (χ0v) is 16.7. The third-order valence-corrected chi connectivity index (χ3v) is 5.04. The van der Waals surface area contributed by atoms with Crippen molar-refractivity contribution in [2.24, 2.45) is 4.99 Å². The van der Waals surface area contributed by atoms with Gasteiger partial charge in [-0.05, 0) is 52.2 Å². The summed E-state index contributed by atoms with van der Waals surface area (Å²) in [6.07, 6.45) is 3.20. The second-order valence-electron chi connectivity index (χ2n) is 7.08. The van der Waals surface area contributed by atoms with E-state index in [4.69, 9.17) is 9.52 Å². The van der Waals surface area contributed by atoms with Gasteiger partial charge in [-0.1, -0.05) is 23.4 Å².